The second-order valence-electron chi connectivity index (χ2n) is 5.69. The van der Waals surface area contributed by atoms with Gasteiger partial charge in [-0.3, -0.25) is 4.79 Å². The molecule has 26 heavy (non-hydrogen) atoms. The predicted octanol–water partition coefficient (Wildman–Crippen LogP) is 2.38. The average molecular weight is 358 g/mol. The number of H-pyrrole nitrogens is 1. The number of aromatic nitrogens is 2. The lowest BCUT2D eigenvalue weighted by atomic mass is 10.1. The second kappa shape index (κ2) is 6.21. The van der Waals surface area contributed by atoms with E-state index in [1.54, 1.807) is 13.0 Å². The monoisotopic (exact) mass is 358 g/mol. The summed E-state index contributed by atoms with van der Waals surface area (Å²) in [7, 11) is 0. The Morgan fingerprint density at radius 1 is 1.31 bits per heavy atom. The third-order valence-corrected chi connectivity index (χ3v) is 4.05. The molecule has 4 rings (SSSR count). The Bertz CT molecular complexity index is 1070. The van der Waals surface area contributed by atoms with E-state index in [9.17, 15) is 14.0 Å². The lowest BCUT2D eigenvalue weighted by Crippen LogP contribution is -2.17. The number of halogens is 1. The van der Waals surface area contributed by atoms with E-state index in [-0.39, 0.29) is 41.3 Å². The molecule has 1 aromatic carbocycles. The van der Waals surface area contributed by atoms with Crippen molar-refractivity contribution in [3.05, 3.63) is 52.3 Å². The fourth-order valence-corrected chi connectivity index (χ4v) is 2.88. The van der Waals surface area contributed by atoms with E-state index in [1.165, 1.54) is 28.9 Å². The average Bonchev–Trinajstić information content (AvgIpc) is 3.07. The Labute approximate surface area is 146 Å². The first-order valence-electron chi connectivity index (χ1n) is 8.09. The van der Waals surface area contributed by atoms with Crippen LogP contribution in [-0.2, 0) is 4.74 Å². The zero-order valence-corrected chi connectivity index (χ0v) is 13.9. The Morgan fingerprint density at radius 2 is 2.12 bits per heavy atom. The molecule has 8 heteroatoms. The van der Waals surface area contributed by atoms with Gasteiger partial charge in [0.1, 0.15) is 18.7 Å². The molecule has 0 bridgehead atoms. The first-order chi connectivity index (χ1) is 12.6. The van der Waals surface area contributed by atoms with E-state index in [4.69, 9.17) is 14.2 Å². The van der Waals surface area contributed by atoms with E-state index in [0.29, 0.717) is 12.4 Å². The molecular formula is C18H15FN2O5. The number of nitrogens with zero attached hydrogens (tertiary/aromatic N) is 1. The fourth-order valence-electron chi connectivity index (χ4n) is 2.88. The van der Waals surface area contributed by atoms with Gasteiger partial charge in [0.2, 0.25) is 0 Å². The summed E-state index contributed by atoms with van der Waals surface area (Å²) in [6.45, 7) is 2.54. The van der Waals surface area contributed by atoms with E-state index in [2.05, 4.69) is 4.98 Å². The third kappa shape index (κ3) is 2.59. The van der Waals surface area contributed by atoms with Gasteiger partial charge >= 0.3 is 5.97 Å². The van der Waals surface area contributed by atoms with Crippen molar-refractivity contribution in [2.45, 2.75) is 6.92 Å². The summed E-state index contributed by atoms with van der Waals surface area (Å²) in [6, 6.07) is 4.53. The number of hydrogen-bond donors (Lipinski definition) is 1. The van der Waals surface area contributed by atoms with E-state index in [1.807, 2.05) is 0 Å². The van der Waals surface area contributed by atoms with E-state index < -0.39 is 17.3 Å². The van der Waals surface area contributed by atoms with Crippen molar-refractivity contribution in [3.63, 3.8) is 0 Å². The molecule has 0 saturated heterocycles. The number of nitrogens with one attached hydrogen (secondary N) is 1. The number of aromatic amines is 1. The van der Waals surface area contributed by atoms with E-state index in [0.717, 1.165) is 0 Å². The predicted molar refractivity (Wildman–Crippen MR) is 90.4 cm³/mol. The first kappa shape index (κ1) is 16.2. The highest BCUT2D eigenvalue weighted by molar-refractivity contribution is 5.91. The summed E-state index contributed by atoms with van der Waals surface area (Å²) in [5.41, 5.74) is 0.474. The topological polar surface area (TPSA) is 82.0 Å². The molecule has 1 N–H and O–H groups in total. The molecule has 1 aliphatic heterocycles. The quantitative estimate of drug-likeness (QED) is 0.727. The number of esters is 1. The number of rotatable bonds is 3. The van der Waals surface area contributed by atoms with Crippen LogP contribution >= 0.6 is 0 Å². The number of ether oxygens (including phenoxy) is 3. The Balaban J connectivity index is 1.83. The SMILES string of the molecule is CCOC(=O)c1cc2c(=O)[nH]c(-c3ccc4c(c3F)OCCO4)cn2c1. The molecule has 2 aromatic heterocycles. The summed E-state index contributed by atoms with van der Waals surface area (Å²) in [6.07, 6.45) is 3.01. The van der Waals surface area contributed by atoms with Crippen molar-refractivity contribution in [3.8, 4) is 22.8 Å². The smallest absolute Gasteiger partial charge is 0.339 e. The van der Waals surface area contributed by atoms with Crippen LogP contribution in [0.15, 0.2) is 35.4 Å². The van der Waals surface area contributed by atoms with Gasteiger partial charge in [-0.15, -0.1) is 0 Å². The summed E-state index contributed by atoms with van der Waals surface area (Å²) in [5.74, 6) is -0.793. The Morgan fingerprint density at radius 3 is 2.92 bits per heavy atom. The van der Waals surface area contributed by atoms with Crippen LogP contribution in [0.5, 0.6) is 11.5 Å². The van der Waals surface area contributed by atoms with Crippen LogP contribution in [0.1, 0.15) is 17.3 Å². The van der Waals surface area contributed by atoms with Crippen molar-refractivity contribution in [2.75, 3.05) is 19.8 Å². The first-order valence-corrected chi connectivity index (χ1v) is 8.09. The number of carbonyl (C=O) groups is 1. The summed E-state index contributed by atoms with van der Waals surface area (Å²) < 4.78 is 31.9. The highest BCUT2D eigenvalue weighted by Crippen LogP contribution is 2.37. The maximum Gasteiger partial charge on any atom is 0.339 e. The van der Waals surface area contributed by atoms with Gasteiger partial charge in [0.15, 0.2) is 17.3 Å². The van der Waals surface area contributed by atoms with Crippen LogP contribution in [-0.4, -0.2) is 35.2 Å². The largest absolute Gasteiger partial charge is 0.486 e. The zero-order chi connectivity index (χ0) is 18.3. The number of benzene rings is 1. The van der Waals surface area contributed by atoms with Gasteiger partial charge in [0.05, 0.1) is 17.9 Å². The van der Waals surface area contributed by atoms with Gasteiger partial charge in [-0.1, -0.05) is 0 Å². The van der Waals surface area contributed by atoms with Gasteiger partial charge in [-0.05, 0) is 25.1 Å². The van der Waals surface area contributed by atoms with Gasteiger partial charge < -0.3 is 23.6 Å². The maximum absolute atomic E-state index is 14.8. The lowest BCUT2D eigenvalue weighted by molar-refractivity contribution is 0.0526. The van der Waals surface area contributed by atoms with Crippen molar-refractivity contribution in [2.24, 2.45) is 0 Å². The second-order valence-corrected chi connectivity index (χ2v) is 5.69. The lowest BCUT2D eigenvalue weighted by Gasteiger charge is -2.19. The van der Waals surface area contributed by atoms with Crippen LogP contribution in [0.3, 0.4) is 0 Å². The van der Waals surface area contributed by atoms with Crippen LogP contribution in [0.4, 0.5) is 4.39 Å². The number of carbonyl (C=O) groups excluding carboxylic acids is 1. The van der Waals surface area contributed by atoms with Crippen molar-refractivity contribution in [1.29, 1.82) is 0 Å². The number of hydrogen-bond acceptors (Lipinski definition) is 5. The highest BCUT2D eigenvalue weighted by Gasteiger charge is 2.21. The van der Waals surface area contributed by atoms with Crippen LogP contribution in [0, 0.1) is 5.82 Å². The Hall–Kier alpha value is -3.29. The Kier molecular flexibility index (Phi) is 3.87. The molecule has 0 radical (unpaired) electrons. The molecule has 0 aliphatic carbocycles. The molecular weight excluding hydrogens is 343 g/mol. The van der Waals surface area contributed by atoms with Gasteiger partial charge in [0, 0.05) is 18.0 Å². The number of fused-ring (bicyclic) bond motifs is 2. The molecule has 0 saturated carbocycles. The molecule has 0 amide bonds. The fraction of sp³-hybridized carbons (Fsp3) is 0.222. The van der Waals surface area contributed by atoms with Gasteiger partial charge in [-0.2, -0.15) is 0 Å². The van der Waals surface area contributed by atoms with Crippen LogP contribution < -0.4 is 15.0 Å². The normalized spacial score (nSPS) is 13.0. The molecule has 3 heterocycles. The molecule has 7 nitrogen and oxygen atoms in total. The molecule has 134 valence electrons. The molecule has 1 aliphatic rings. The highest BCUT2D eigenvalue weighted by atomic mass is 19.1. The van der Waals surface area contributed by atoms with Crippen molar-refractivity contribution in [1.82, 2.24) is 9.38 Å². The minimum Gasteiger partial charge on any atom is -0.486 e. The molecule has 0 atom stereocenters. The summed E-state index contributed by atoms with van der Waals surface area (Å²) in [5, 5.41) is 0. The van der Waals surface area contributed by atoms with Gasteiger partial charge in [0.25, 0.3) is 5.56 Å². The molecule has 0 fully saturated rings. The van der Waals surface area contributed by atoms with Crippen molar-refractivity contribution < 1.29 is 23.4 Å². The molecule has 0 unspecified atom stereocenters. The van der Waals surface area contributed by atoms with Gasteiger partial charge in [-0.25, -0.2) is 9.18 Å². The summed E-state index contributed by atoms with van der Waals surface area (Å²) in [4.78, 5) is 26.9. The van der Waals surface area contributed by atoms with Crippen LogP contribution in [0.2, 0.25) is 0 Å². The zero-order valence-electron chi connectivity index (χ0n) is 13.9. The minimum atomic E-state index is -0.616. The standard InChI is InChI=1S/C18H15FN2O5/c1-2-24-18(23)10-7-13-17(22)20-12(9-21(13)8-10)11-3-4-14-16(15(11)19)26-6-5-25-14/h3-4,7-9H,2,5-6H2,1H3,(H,20,22). The van der Waals surface area contributed by atoms with E-state index >= 15 is 0 Å². The van der Waals surface area contributed by atoms with Crippen LogP contribution in [0.25, 0.3) is 16.8 Å². The summed E-state index contributed by atoms with van der Waals surface area (Å²) >= 11 is 0. The molecule has 0 spiro atoms. The molecule has 3 aromatic rings. The van der Waals surface area contributed by atoms with Crippen molar-refractivity contribution >= 4 is 11.5 Å². The third-order valence-electron chi connectivity index (χ3n) is 4.05. The maximum atomic E-state index is 14.8. The minimum absolute atomic E-state index is 0.0226.